The number of hydrogen-bond donors (Lipinski definition) is 0. The highest BCUT2D eigenvalue weighted by Gasteiger charge is 2.47. The van der Waals surface area contributed by atoms with Gasteiger partial charge < -0.3 is 4.13 Å². The Morgan fingerprint density at radius 1 is 0.885 bits per heavy atom. The number of allylic oxidation sites excluding steroid dienone is 1. The second-order valence-electron chi connectivity index (χ2n) is 5.30. The number of nitrogens with zero attached hydrogens (tertiary/aromatic N) is 2. The van der Waals surface area contributed by atoms with E-state index < -0.39 is 46.2 Å². The van der Waals surface area contributed by atoms with Crippen molar-refractivity contribution < 1.29 is 47.4 Å². The number of halogens is 6. The molecule has 0 amide bonds. The zero-order valence-electron chi connectivity index (χ0n) is 12.7. The van der Waals surface area contributed by atoms with E-state index in [2.05, 4.69) is 6.58 Å². The minimum absolute atomic E-state index is 0.108. The van der Waals surface area contributed by atoms with Crippen LogP contribution in [0.2, 0.25) is 0 Å². The van der Waals surface area contributed by atoms with Gasteiger partial charge in [0.15, 0.2) is 10.0 Å². The van der Waals surface area contributed by atoms with Crippen molar-refractivity contribution in [1.29, 1.82) is 0 Å². The van der Waals surface area contributed by atoms with E-state index >= 15 is 0 Å². The Kier molecular flexibility index (Phi) is 6.48. The molecule has 0 aliphatic heterocycles. The van der Waals surface area contributed by atoms with Crippen molar-refractivity contribution in [2.45, 2.75) is 41.9 Å². The third-order valence-corrected chi connectivity index (χ3v) is 9.21. The molecule has 0 aromatic rings. The molecule has 1 aliphatic rings. The lowest BCUT2D eigenvalue weighted by Gasteiger charge is -2.29. The van der Waals surface area contributed by atoms with Gasteiger partial charge in [-0.15, -0.1) is 10.3 Å². The van der Waals surface area contributed by atoms with Crippen LogP contribution in [0.1, 0.15) is 25.7 Å². The summed E-state index contributed by atoms with van der Waals surface area (Å²) in [5, 5.41) is -1.55. The molecule has 0 N–H and O–H groups in total. The van der Waals surface area contributed by atoms with Crippen molar-refractivity contribution in [2.75, 3.05) is 0 Å². The maximum Gasteiger partial charge on any atom is 0.480 e. The fourth-order valence-electron chi connectivity index (χ4n) is 2.10. The summed E-state index contributed by atoms with van der Waals surface area (Å²) in [5.74, 6) is -0.108. The third kappa shape index (κ3) is 5.10. The van der Waals surface area contributed by atoms with Gasteiger partial charge in [-0.05, 0) is 31.6 Å². The number of alkyl halides is 6. The Morgan fingerprint density at radius 3 is 1.69 bits per heavy atom. The number of rotatable bonds is 5. The number of sulfonamides is 2. The van der Waals surface area contributed by atoms with Gasteiger partial charge >= 0.3 is 11.0 Å². The lowest BCUT2D eigenvalue weighted by atomic mass is 9.89. The summed E-state index contributed by atoms with van der Waals surface area (Å²) in [6.07, 6.45) is 1.50. The molecule has 1 saturated carbocycles. The Balaban J connectivity index is 3.37. The SMILES string of the molecule is C=CC1CCC(S(=O)(=O)N=S(=O)([N-]S(=O)(=O)C(F)(F)F)C(F)(F)F)CC1. The minimum atomic E-state index is -6.90. The molecule has 0 heterocycles. The molecule has 0 saturated heterocycles. The maximum absolute atomic E-state index is 12.9. The molecule has 154 valence electrons. The van der Waals surface area contributed by atoms with Crippen LogP contribution >= 0.6 is 0 Å². The second-order valence-corrected chi connectivity index (χ2v) is 11.1. The largest absolute Gasteiger partial charge is 0.480 e. The third-order valence-electron chi connectivity index (χ3n) is 3.47. The van der Waals surface area contributed by atoms with Crippen molar-refractivity contribution in [3.05, 3.63) is 16.8 Å². The molecule has 1 unspecified atom stereocenters. The summed E-state index contributed by atoms with van der Waals surface area (Å²) >= 11 is 0. The van der Waals surface area contributed by atoms with Gasteiger partial charge in [0.25, 0.3) is 10.0 Å². The van der Waals surface area contributed by atoms with Gasteiger partial charge in [0.1, 0.15) is 0 Å². The summed E-state index contributed by atoms with van der Waals surface area (Å²) in [4.78, 5) is 0. The monoisotopic (exact) mass is 451 g/mol. The van der Waals surface area contributed by atoms with Crippen LogP contribution in [0, 0.1) is 5.92 Å². The van der Waals surface area contributed by atoms with E-state index in [0.717, 1.165) is 0 Å². The van der Waals surface area contributed by atoms with Crippen molar-refractivity contribution in [3.8, 4) is 0 Å². The molecular formula is C10H13F6N2O5S3-. The molecule has 1 atom stereocenters. The van der Waals surface area contributed by atoms with Crippen molar-refractivity contribution >= 4 is 30.0 Å². The summed E-state index contributed by atoms with van der Waals surface area (Å²) in [6.45, 7) is 3.47. The summed E-state index contributed by atoms with van der Waals surface area (Å²) in [5.41, 5.74) is -12.6. The molecule has 0 spiro atoms. The molecule has 1 rings (SSSR count). The zero-order chi connectivity index (χ0) is 20.6. The van der Waals surface area contributed by atoms with Crippen molar-refractivity contribution in [3.63, 3.8) is 0 Å². The molecule has 1 fully saturated rings. The lowest BCUT2D eigenvalue weighted by Crippen LogP contribution is -2.32. The Hall–Kier alpha value is -0.870. The fraction of sp³-hybridized carbons (Fsp3) is 0.800. The molecule has 0 radical (unpaired) electrons. The van der Waals surface area contributed by atoms with Gasteiger partial charge in [0, 0.05) is 0 Å². The maximum atomic E-state index is 12.9. The van der Waals surface area contributed by atoms with E-state index in [1.54, 1.807) is 0 Å². The van der Waals surface area contributed by atoms with Crippen molar-refractivity contribution in [2.24, 2.45) is 9.69 Å². The molecule has 0 aromatic heterocycles. The topological polar surface area (TPSA) is 112 Å². The number of hydrogen-bond acceptors (Lipinski definition) is 5. The summed E-state index contributed by atoms with van der Waals surface area (Å²) in [7, 11) is -18.7. The van der Waals surface area contributed by atoms with Gasteiger partial charge in [-0.1, -0.05) is 6.08 Å². The van der Waals surface area contributed by atoms with Crippen LogP contribution in [-0.4, -0.2) is 37.3 Å². The van der Waals surface area contributed by atoms with Crippen LogP contribution in [0.15, 0.2) is 16.4 Å². The van der Waals surface area contributed by atoms with E-state index in [9.17, 15) is 47.4 Å². The first kappa shape index (κ1) is 23.2. The van der Waals surface area contributed by atoms with Crippen molar-refractivity contribution in [1.82, 2.24) is 0 Å². The summed E-state index contributed by atoms with van der Waals surface area (Å²) in [6, 6.07) is 0. The molecular weight excluding hydrogens is 438 g/mol. The Morgan fingerprint density at radius 2 is 1.35 bits per heavy atom. The second kappa shape index (κ2) is 7.27. The first-order valence-corrected chi connectivity index (χ1v) is 11.1. The molecule has 0 bridgehead atoms. The molecule has 0 aromatic carbocycles. The average molecular weight is 451 g/mol. The van der Waals surface area contributed by atoms with Crippen LogP contribution in [-0.2, 0) is 30.0 Å². The smallest absolute Gasteiger partial charge is 0.438 e. The van der Waals surface area contributed by atoms with Gasteiger partial charge in [-0.25, -0.2) is 16.8 Å². The van der Waals surface area contributed by atoms with Gasteiger partial charge in [-0.2, -0.15) is 26.3 Å². The zero-order valence-corrected chi connectivity index (χ0v) is 15.1. The van der Waals surface area contributed by atoms with Crippen LogP contribution in [0.4, 0.5) is 26.3 Å². The summed E-state index contributed by atoms with van der Waals surface area (Å²) < 4.78 is 136. The highest BCUT2D eigenvalue weighted by Crippen LogP contribution is 2.40. The fourth-order valence-corrected chi connectivity index (χ4v) is 7.01. The highest BCUT2D eigenvalue weighted by molar-refractivity contribution is 8.16. The lowest BCUT2D eigenvalue weighted by molar-refractivity contribution is -0.0432. The van der Waals surface area contributed by atoms with Crippen LogP contribution < -0.4 is 0 Å². The van der Waals surface area contributed by atoms with E-state index in [-0.39, 0.29) is 31.6 Å². The van der Waals surface area contributed by atoms with E-state index in [1.165, 1.54) is 10.2 Å². The average Bonchev–Trinajstić information content (AvgIpc) is 2.43. The molecule has 16 heteroatoms. The standard InChI is InChI=1S/C10H13F6N2O5S3/c1-2-7-3-5-8(6-4-7)24(19,20)17-25(21,9(11,12)13)18-26(22,23)10(14,15)16/h2,7-8H,1,3-6H2/q-1. The minimum Gasteiger partial charge on any atom is -0.438 e. The van der Waals surface area contributed by atoms with E-state index in [0.29, 0.717) is 0 Å². The highest BCUT2D eigenvalue weighted by atomic mass is 32.3. The van der Waals surface area contributed by atoms with Gasteiger partial charge in [0.05, 0.1) is 15.2 Å². The predicted molar refractivity (Wildman–Crippen MR) is 79.8 cm³/mol. The van der Waals surface area contributed by atoms with Gasteiger partial charge in [0.2, 0.25) is 0 Å². The Bertz CT molecular complexity index is 860. The van der Waals surface area contributed by atoms with Crippen LogP contribution in [0.5, 0.6) is 0 Å². The van der Waals surface area contributed by atoms with Crippen LogP contribution in [0.3, 0.4) is 0 Å². The van der Waals surface area contributed by atoms with E-state index in [1.807, 2.05) is 3.77 Å². The normalized spacial score (nSPS) is 25.3. The molecule has 7 nitrogen and oxygen atoms in total. The Labute approximate surface area is 146 Å². The first-order chi connectivity index (χ1) is 11.5. The van der Waals surface area contributed by atoms with Gasteiger partial charge in [-0.3, -0.25) is 4.21 Å². The molecule has 1 aliphatic carbocycles. The first-order valence-electron chi connectivity index (χ1n) is 6.72. The molecule has 26 heavy (non-hydrogen) atoms. The van der Waals surface area contributed by atoms with E-state index in [4.69, 9.17) is 0 Å². The van der Waals surface area contributed by atoms with Crippen LogP contribution in [0.25, 0.3) is 4.13 Å². The predicted octanol–water partition coefficient (Wildman–Crippen LogP) is 3.19. The quantitative estimate of drug-likeness (QED) is 0.471.